The van der Waals surface area contributed by atoms with Crippen LogP contribution in [0.1, 0.15) is 58.3 Å². The zero-order valence-electron chi connectivity index (χ0n) is 11.1. The number of carbonyl (C=O) groups excluding carboxylic acids is 1. The highest BCUT2D eigenvalue weighted by Crippen LogP contribution is 2.28. The summed E-state index contributed by atoms with van der Waals surface area (Å²) in [6.45, 7) is 4.12. The second-order valence-corrected chi connectivity index (χ2v) is 5.47. The number of nitrogens with zero attached hydrogens (tertiary/aromatic N) is 1. The molecule has 0 radical (unpaired) electrons. The summed E-state index contributed by atoms with van der Waals surface area (Å²) in [6, 6.07) is 0.664. The van der Waals surface area contributed by atoms with Crippen molar-refractivity contribution < 1.29 is 4.79 Å². The van der Waals surface area contributed by atoms with E-state index >= 15 is 0 Å². The molecular formula is C14H26N2O. The van der Waals surface area contributed by atoms with Crippen LogP contribution in [0.25, 0.3) is 0 Å². The number of amides is 1. The van der Waals surface area contributed by atoms with Crippen LogP contribution < -0.4 is 5.32 Å². The molecule has 1 atom stereocenters. The van der Waals surface area contributed by atoms with Gasteiger partial charge in [-0.2, -0.15) is 0 Å². The Morgan fingerprint density at radius 3 is 2.65 bits per heavy atom. The zero-order chi connectivity index (χ0) is 12.1. The van der Waals surface area contributed by atoms with Crippen LogP contribution >= 0.6 is 0 Å². The van der Waals surface area contributed by atoms with Crippen LogP contribution in [0.4, 0.5) is 0 Å². The van der Waals surface area contributed by atoms with Gasteiger partial charge in [-0.25, -0.2) is 0 Å². The SMILES string of the molecule is CCCN(C(=O)C1CCCCCCN1)C1CC1. The van der Waals surface area contributed by atoms with Gasteiger partial charge in [-0.3, -0.25) is 4.79 Å². The lowest BCUT2D eigenvalue weighted by Gasteiger charge is -2.28. The Hall–Kier alpha value is -0.570. The fraction of sp³-hybridized carbons (Fsp3) is 0.929. The van der Waals surface area contributed by atoms with Crippen LogP contribution in [0, 0.1) is 0 Å². The molecule has 17 heavy (non-hydrogen) atoms. The van der Waals surface area contributed by atoms with Crippen molar-refractivity contribution in [3.63, 3.8) is 0 Å². The largest absolute Gasteiger partial charge is 0.338 e. The second-order valence-electron chi connectivity index (χ2n) is 5.47. The van der Waals surface area contributed by atoms with E-state index in [2.05, 4.69) is 17.1 Å². The van der Waals surface area contributed by atoms with Gasteiger partial charge in [-0.15, -0.1) is 0 Å². The minimum Gasteiger partial charge on any atom is -0.338 e. The standard InChI is InChI=1S/C14H26N2O/c1-2-11-16(12-8-9-12)14(17)13-7-5-3-4-6-10-15-13/h12-13,15H,2-11H2,1H3. The number of hydrogen-bond acceptors (Lipinski definition) is 2. The number of nitrogens with one attached hydrogen (secondary N) is 1. The topological polar surface area (TPSA) is 32.3 Å². The van der Waals surface area contributed by atoms with Gasteiger partial charge in [0.05, 0.1) is 6.04 Å². The summed E-state index contributed by atoms with van der Waals surface area (Å²) >= 11 is 0. The highest BCUT2D eigenvalue weighted by atomic mass is 16.2. The Morgan fingerprint density at radius 1 is 1.18 bits per heavy atom. The molecule has 0 spiro atoms. The number of rotatable bonds is 4. The fourth-order valence-electron chi connectivity index (χ4n) is 2.72. The molecule has 1 saturated carbocycles. The fourth-order valence-corrected chi connectivity index (χ4v) is 2.72. The summed E-state index contributed by atoms with van der Waals surface area (Å²) in [5, 5.41) is 3.45. The number of hydrogen-bond donors (Lipinski definition) is 1. The maximum Gasteiger partial charge on any atom is 0.239 e. The second kappa shape index (κ2) is 6.39. The molecule has 1 aliphatic carbocycles. The van der Waals surface area contributed by atoms with E-state index in [0.29, 0.717) is 11.9 Å². The molecular weight excluding hydrogens is 212 g/mol. The van der Waals surface area contributed by atoms with Crippen molar-refractivity contribution in [3.05, 3.63) is 0 Å². The molecule has 0 aromatic rings. The lowest BCUT2D eigenvalue weighted by molar-refractivity contribution is -0.134. The average Bonchev–Trinajstić information content (AvgIpc) is 3.08. The Kier molecular flexibility index (Phi) is 4.84. The molecule has 1 heterocycles. The molecule has 2 rings (SSSR count). The van der Waals surface area contributed by atoms with E-state index in [0.717, 1.165) is 25.9 Å². The molecule has 1 amide bonds. The van der Waals surface area contributed by atoms with Crippen molar-refractivity contribution in [3.8, 4) is 0 Å². The first-order valence-corrected chi connectivity index (χ1v) is 7.36. The van der Waals surface area contributed by atoms with Gasteiger partial charge >= 0.3 is 0 Å². The smallest absolute Gasteiger partial charge is 0.239 e. The van der Waals surface area contributed by atoms with Crippen molar-refractivity contribution in [1.82, 2.24) is 10.2 Å². The lowest BCUT2D eigenvalue weighted by atomic mass is 10.0. The van der Waals surface area contributed by atoms with E-state index in [-0.39, 0.29) is 6.04 Å². The quantitative estimate of drug-likeness (QED) is 0.815. The molecule has 1 unspecified atom stereocenters. The first-order valence-electron chi connectivity index (χ1n) is 7.36. The minimum atomic E-state index is 0.0995. The Morgan fingerprint density at radius 2 is 1.94 bits per heavy atom. The molecule has 3 heteroatoms. The van der Waals surface area contributed by atoms with Crippen LogP contribution in [-0.2, 0) is 4.79 Å². The van der Waals surface area contributed by atoms with E-state index in [1.807, 2.05) is 0 Å². The van der Waals surface area contributed by atoms with Crippen LogP contribution in [0.5, 0.6) is 0 Å². The molecule has 98 valence electrons. The van der Waals surface area contributed by atoms with Gasteiger partial charge in [-0.05, 0) is 38.6 Å². The summed E-state index contributed by atoms with van der Waals surface area (Å²) in [7, 11) is 0. The van der Waals surface area contributed by atoms with Crippen molar-refractivity contribution in [2.75, 3.05) is 13.1 Å². The predicted molar refractivity (Wildman–Crippen MR) is 69.9 cm³/mol. The molecule has 3 nitrogen and oxygen atoms in total. The summed E-state index contributed by atoms with van der Waals surface area (Å²) in [4.78, 5) is 14.6. The molecule has 1 saturated heterocycles. The van der Waals surface area contributed by atoms with Gasteiger partial charge in [0, 0.05) is 12.6 Å². The first kappa shape index (κ1) is 12.9. The van der Waals surface area contributed by atoms with Crippen molar-refractivity contribution in [2.24, 2.45) is 0 Å². The highest BCUT2D eigenvalue weighted by Gasteiger charge is 2.34. The third kappa shape index (κ3) is 3.70. The van der Waals surface area contributed by atoms with Gasteiger partial charge < -0.3 is 10.2 Å². The van der Waals surface area contributed by atoms with Crippen molar-refractivity contribution in [1.29, 1.82) is 0 Å². The van der Waals surface area contributed by atoms with Gasteiger partial charge in [0.15, 0.2) is 0 Å². The summed E-state index contributed by atoms with van der Waals surface area (Å²) in [5.41, 5.74) is 0. The molecule has 0 bridgehead atoms. The molecule has 2 aliphatic rings. The Bertz CT molecular complexity index is 243. The van der Waals surface area contributed by atoms with Crippen LogP contribution in [0.2, 0.25) is 0 Å². The van der Waals surface area contributed by atoms with Gasteiger partial charge in [0.25, 0.3) is 0 Å². The molecule has 2 fully saturated rings. The van der Waals surface area contributed by atoms with Gasteiger partial charge in [0.2, 0.25) is 5.91 Å². The maximum absolute atomic E-state index is 12.5. The van der Waals surface area contributed by atoms with Crippen molar-refractivity contribution in [2.45, 2.75) is 70.4 Å². The molecule has 0 aromatic carbocycles. The third-order valence-corrected chi connectivity index (χ3v) is 3.84. The minimum absolute atomic E-state index is 0.0995. The number of carbonyl (C=O) groups is 1. The van der Waals surface area contributed by atoms with Gasteiger partial charge in [-0.1, -0.05) is 26.2 Å². The summed E-state index contributed by atoms with van der Waals surface area (Å²) in [6.07, 6.45) is 9.59. The normalized spacial score (nSPS) is 26.1. The summed E-state index contributed by atoms with van der Waals surface area (Å²) < 4.78 is 0. The van der Waals surface area contributed by atoms with E-state index in [4.69, 9.17) is 0 Å². The van der Waals surface area contributed by atoms with Crippen molar-refractivity contribution >= 4 is 5.91 Å². The molecule has 1 N–H and O–H groups in total. The van der Waals surface area contributed by atoms with E-state index < -0.39 is 0 Å². The zero-order valence-corrected chi connectivity index (χ0v) is 11.1. The van der Waals surface area contributed by atoms with Crippen LogP contribution in [-0.4, -0.2) is 36.0 Å². The first-order chi connectivity index (χ1) is 8.33. The van der Waals surface area contributed by atoms with Crippen LogP contribution in [0.15, 0.2) is 0 Å². The van der Waals surface area contributed by atoms with E-state index in [1.165, 1.54) is 38.5 Å². The average molecular weight is 238 g/mol. The van der Waals surface area contributed by atoms with Gasteiger partial charge in [0.1, 0.15) is 0 Å². The Labute approximate surface area is 105 Å². The molecule has 1 aliphatic heterocycles. The summed E-state index contributed by atoms with van der Waals surface area (Å²) in [5.74, 6) is 0.372. The predicted octanol–water partition coefficient (Wildman–Crippen LogP) is 2.31. The monoisotopic (exact) mass is 238 g/mol. The highest BCUT2D eigenvalue weighted by molar-refractivity contribution is 5.82. The molecule has 0 aromatic heterocycles. The van der Waals surface area contributed by atoms with E-state index in [9.17, 15) is 4.79 Å². The maximum atomic E-state index is 12.5. The lowest BCUT2D eigenvalue weighted by Crippen LogP contribution is -2.48. The van der Waals surface area contributed by atoms with E-state index in [1.54, 1.807) is 0 Å². The third-order valence-electron chi connectivity index (χ3n) is 3.84. The van der Waals surface area contributed by atoms with Crippen LogP contribution in [0.3, 0.4) is 0 Å². The Balaban J connectivity index is 1.90.